The second-order valence-corrected chi connectivity index (χ2v) is 6.88. The minimum Gasteiger partial charge on any atom is -0.493 e. The van der Waals surface area contributed by atoms with Crippen LogP contribution in [0.15, 0.2) is 42.5 Å². The van der Waals surface area contributed by atoms with Crippen molar-refractivity contribution in [3.05, 3.63) is 59.2 Å². The molecule has 6 heteroatoms. The standard InChI is InChI=1S/C22H28N2O4/c1-15(2)14-24-22(26)18-8-6-17(7-9-18)21(25)23-12-11-16-5-10-19(27-3)20(13-16)28-4/h5-10,13,15H,11-12,14H2,1-4H3,(H,23,25)(H,24,26). The van der Waals surface area contributed by atoms with E-state index < -0.39 is 0 Å². The van der Waals surface area contributed by atoms with Gasteiger partial charge in [0, 0.05) is 24.2 Å². The van der Waals surface area contributed by atoms with Crippen LogP contribution in [0.1, 0.15) is 40.1 Å². The Hall–Kier alpha value is -3.02. The lowest BCUT2D eigenvalue weighted by atomic mass is 10.1. The first-order valence-corrected chi connectivity index (χ1v) is 9.32. The molecule has 0 spiro atoms. The van der Waals surface area contributed by atoms with E-state index in [1.165, 1.54) is 0 Å². The molecule has 2 aromatic rings. The fourth-order valence-corrected chi connectivity index (χ4v) is 2.63. The summed E-state index contributed by atoms with van der Waals surface area (Å²) in [6.45, 7) is 5.19. The average Bonchev–Trinajstić information content (AvgIpc) is 2.71. The molecule has 2 aromatic carbocycles. The van der Waals surface area contributed by atoms with Crippen molar-refractivity contribution in [2.75, 3.05) is 27.3 Å². The van der Waals surface area contributed by atoms with Gasteiger partial charge in [-0.2, -0.15) is 0 Å². The fraction of sp³-hybridized carbons (Fsp3) is 0.364. The number of hydrogen-bond acceptors (Lipinski definition) is 4. The Labute approximate surface area is 166 Å². The van der Waals surface area contributed by atoms with E-state index in [2.05, 4.69) is 10.6 Å². The first-order chi connectivity index (χ1) is 13.4. The van der Waals surface area contributed by atoms with Gasteiger partial charge in [0.05, 0.1) is 14.2 Å². The van der Waals surface area contributed by atoms with Crippen LogP contribution in [0.3, 0.4) is 0 Å². The SMILES string of the molecule is COc1ccc(CCNC(=O)c2ccc(C(=O)NCC(C)C)cc2)cc1OC. The molecule has 0 radical (unpaired) electrons. The normalized spacial score (nSPS) is 10.5. The second kappa shape index (κ2) is 10.3. The summed E-state index contributed by atoms with van der Waals surface area (Å²) < 4.78 is 10.5. The maximum absolute atomic E-state index is 12.3. The molecule has 0 saturated heterocycles. The molecule has 2 N–H and O–H groups in total. The average molecular weight is 384 g/mol. The van der Waals surface area contributed by atoms with Crippen molar-refractivity contribution >= 4 is 11.8 Å². The highest BCUT2D eigenvalue weighted by molar-refractivity contribution is 5.97. The predicted molar refractivity (Wildman–Crippen MR) is 109 cm³/mol. The number of benzene rings is 2. The van der Waals surface area contributed by atoms with Crippen molar-refractivity contribution in [2.24, 2.45) is 5.92 Å². The van der Waals surface area contributed by atoms with Gasteiger partial charge in [0.15, 0.2) is 11.5 Å². The number of carbonyl (C=O) groups excluding carboxylic acids is 2. The molecule has 0 aliphatic rings. The molecule has 0 heterocycles. The van der Waals surface area contributed by atoms with Crippen LogP contribution in [-0.2, 0) is 6.42 Å². The third-order valence-electron chi connectivity index (χ3n) is 4.23. The topological polar surface area (TPSA) is 76.7 Å². The summed E-state index contributed by atoms with van der Waals surface area (Å²) in [4.78, 5) is 24.3. The van der Waals surface area contributed by atoms with Crippen LogP contribution in [-0.4, -0.2) is 39.1 Å². The van der Waals surface area contributed by atoms with E-state index in [4.69, 9.17) is 9.47 Å². The van der Waals surface area contributed by atoms with E-state index in [1.54, 1.807) is 38.5 Å². The molecule has 150 valence electrons. The Balaban J connectivity index is 1.87. The maximum atomic E-state index is 12.3. The minimum atomic E-state index is -0.172. The maximum Gasteiger partial charge on any atom is 0.251 e. The lowest BCUT2D eigenvalue weighted by Crippen LogP contribution is -2.28. The molecular formula is C22H28N2O4. The summed E-state index contributed by atoms with van der Waals surface area (Å²) >= 11 is 0. The summed E-state index contributed by atoms with van der Waals surface area (Å²) in [6.07, 6.45) is 0.668. The quantitative estimate of drug-likeness (QED) is 0.697. The number of carbonyl (C=O) groups is 2. The van der Waals surface area contributed by atoms with Gasteiger partial charge >= 0.3 is 0 Å². The van der Waals surface area contributed by atoms with Gasteiger partial charge in [-0.05, 0) is 54.3 Å². The van der Waals surface area contributed by atoms with Crippen molar-refractivity contribution in [3.8, 4) is 11.5 Å². The summed E-state index contributed by atoms with van der Waals surface area (Å²) in [5, 5.41) is 5.75. The van der Waals surface area contributed by atoms with Crippen molar-refractivity contribution in [1.29, 1.82) is 0 Å². The lowest BCUT2D eigenvalue weighted by molar-refractivity contribution is 0.0939. The number of rotatable bonds is 9. The van der Waals surface area contributed by atoms with Gasteiger partial charge in [0.2, 0.25) is 0 Å². The molecule has 2 rings (SSSR count). The van der Waals surface area contributed by atoms with E-state index in [0.29, 0.717) is 48.1 Å². The summed E-state index contributed by atoms with van der Waals surface area (Å²) in [5.74, 6) is 1.42. The monoisotopic (exact) mass is 384 g/mol. The Morgan fingerprint density at radius 2 is 1.43 bits per heavy atom. The van der Waals surface area contributed by atoms with E-state index in [-0.39, 0.29) is 11.8 Å². The first kappa shape index (κ1) is 21.3. The van der Waals surface area contributed by atoms with Crippen molar-refractivity contribution < 1.29 is 19.1 Å². The van der Waals surface area contributed by atoms with E-state index in [0.717, 1.165) is 5.56 Å². The third kappa shape index (κ3) is 6.01. The number of methoxy groups -OCH3 is 2. The molecule has 0 saturated carbocycles. The van der Waals surface area contributed by atoms with Crippen molar-refractivity contribution in [2.45, 2.75) is 20.3 Å². The Kier molecular flexibility index (Phi) is 7.87. The molecule has 0 fully saturated rings. The van der Waals surface area contributed by atoms with Crippen LogP contribution in [0.4, 0.5) is 0 Å². The van der Waals surface area contributed by atoms with E-state index in [1.807, 2.05) is 32.0 Å². The zero-order valence-corrected chi connectivity index (χ0v) is 16.9. The highest BCUT2D eigenvalue weighted by Crippen LogP contribution is 2.27. The highest BCUT2D eigenvalue weighted by Gasteiger charge is 2.10. The lowest BCUT2D eigenvalue weighted by Gasteiger charge is -2.10. The van der Waals surface area contributed by atoms with Gasteiger partial charge in [-0.1, -0.05) is 19.9 Å². The third-order valence-corrected chi connectivity index (χ3v) is 4.23. The van der Waals surface area contributed by atoms with Crippen LogP contribution < -0.4 is 20.1 Å². The molecule has 0 aromatic heterocycles. The molecule has 28 heavy (non-hydrogen) atoms. The van der Waals surface area contributed by atoms with Gasteiger partial charge in [-0.3, -0.25) is 9.59 Å². The van der Waals surface area contributed by atoms with Crippen LogP contribution in [0.2, 0.25) is 0 Å². The number of ether oxygens (including phenoxy) is 2. The first-order valence-electron chi connectivity index (χ1n) is 9.32. The number of hydrogen-bond donors (Lipinski definition) is 2. The molecule has 0 bridgehead atoms. The zero-order valence-electron chi connectivity index (χ0n) is 16.9. The molecule has 0 aliphatic heterocycles. The van der Waals surface area contributed by atoms with Gasteiger partial charge in [0.25, 0.3) is 11.8 Å². The Morgan fingerprint density at radius 3 is 1.96 bits per heavy atom. The predicted octanol–water partition coefficient (Wildman–Crippen LogP) is 3.06. The molecule has 2 amide bonds. The van der Waals surface area contributed by atoms with Crippen molar-refractivity contribution in [1.82, 2.24) is 10.6 Å². The van der Waals surface area contributed by atoms with Gasteiger partial charge in [0.1, 0.15) is 0 Å². The van der Waals surface area contributed by atoms with Crippen LogP contribution in [0.25, 0.3) is 0 Å². The summed E-state index contributed by atoms with van der Waals surface area (Å²) in [5.41, 5.74) is 2.10. The van der Waals surface area contributed by atoms with E-state index >= 15 is 0 Å². The summed E-state index contributed by atoms with van der Waals surface area (Å²) in [6, 6.07) is 12.3. The summed E-state index contributed by atoms with van der Waals surface area (Å²) in [7, 11) is 3.19. The van der Waals surface area contributed by atoms with Crippen LogP contribution in [0.5, 0.6) is 11.5 Å². The smallest absolute Gasteiger partial charge is 0.251 e. The van der Waals surface area contributed by atoms with Crippen molar-refractivity contribution in [3.63, 3.8) is 0 Å². The van der Waals surface area contributed by atoms with Gasteiger partial charge < -0.3 is 20.1 Å². The fourth-order valence-electron chi connectivity index (χ4n) is 2.63. The van der Waals surface area contributed by atoms with E-state index in [9.17, 15) is 9.59 Å². The Morgan fingerprint density at radius 1 is 0.857 bits per heavy atom. The minimum absolute atomic E-state index is 0.130. The number of amides is 2. The zero-order chi connectivity index (χ0) is 20.5. The van der Waals surface area contributed by atoms with Crippen LogP contribution in [0, 0.1) is 5.92 Å². The number of nitrogens with one attached hydrogen (secondary N) is 2. The molecular weight excluding hydrogens is 356 g/mol. The molecule has 0 aliphatic carbocycles. The Bertz CT molecular complexity index is 801. The second-order valence-electron chi connectivity index (χ2n) is 6.88. The van der Waals surface area contributed by atoms with Gasteiger partial charge in [-0.15, -0.1) is 0 Å². The van der Waals surface area contributed by atoms with Crippen LogP contribution >= 0.6 is 0 Å². The largest absolute Gasteiger partial charge is 0.493 e. The highest BCUT2D eigenvalue weighted by atomic mass is 16.5. The molecule has 6 nitrogen and oxygen atoms in total. The van der Waals surface area contributed by atoms with Gasteiger partial charge in [-0.25, -0.2) is 0 Å². The molecule has 0 unspecified atom stereocenters. The molecule has 0 atom stereocenters.